The summed E-state index contributed by atoms with van der Waals surface area (Å²) in [6, 6.07) is 4.20. The average molecular weight is 186 g/mol. The van der Waals surface area contributed by atoms with E-state index in [1.165, 1.54) is 11.1 Å². The van der Waals surface area contributed by atoms with Crippen LogP contribution in [0.25, 0.3) is 11.1 Å². The average Bonchev–Trinajstić information content (AvgIpc) is 2.59. The summed E-state index contributed by atoms with van der Waals surface area (Å²) in [5, 5.41) is 4.27. The number of aryl methyl sites for hydroxylation is 1. The van der Waals surface area contributed by atoms with E-state index < -0.39 is 0 Å². The van der Waals surface area contributed by atoms with Gasteiger partial charge in [0.25, 0.3) is 0 Å². The molecular weight excluding hydrogens is 172 g/mol. The van der Waals surface area contributed by atoms with Crippen molar-refractivity contribution in [3.63, 3.8) is 0 Å². The third-order valence-electron chi connectivity index (χ3n) is 2.54. The topological polar surface area (TPSA) is 17.3 Å². The first kappa shape index (κ1) is 9.00. The second kappa shape index (κ2) is 3.29. The van der Waals surface area contributed by atoms with E-state index in [1.807, 2.05) is 16.9 Å². The van der Waals surface area contributed by atoms with Gasteiger partial charge in [0.15, 0.2) is 0 Å². The van der Waals surface area contributed by atoms with E-state index in [-0.39, 0.29) is 0 Å². The van der Waals surface area contributed by atoms with E-state index in [1.54, 1.807) is 0 Å². The zero-order valence-corrected chi connectivity index (χ0v) is 8.62. The van der Waals surface area contributed by atoms with Crippen LogP contribution < -0.4 is 0 Å². The number of nitrogens with zero attached hydrogens (tertiary/aromatic N) is 2. The maximum atomic E-state index is 4.27. The minimum Gasteiger partial charge on any atom is -0.240 e. The smallest absolute Gasteiger partial charge is 0.0691 e. The van der Waals surface area contributed by atoms with Crippen LogP contribution in [0.5, 0.6) is 0 Å². The van der Waals surface area contributed by atoms with Gasteiger partial charge >= 0.3 is 0 Å². The Morgan fingerprint density at radius 1 is 1.50 bits per heavy atom. The summed E-state index contributed by atoms with van der Waals surface area (Å²) in [7, 11) is 0. The molecule has 0 unspecified atom stereocenters. The Morgan fingerprint density at radius 2 is 2.29 bits per heavy atom. The summed E-state index contributed by atoms with van der Waals surface area (Å²) in [4.78, 5) is 0. The molecule has 0 N–H and O–H groups in total. The second-order valence-corrected chi connectivity index (χ2v) is 3.53. The minimum absolute atomic E-state index is 0.978. The van der Waals surface area contributed by atoms with Crippen LogP contribution in [0.2, 0.25) is 0 Å². The molecule has 0 aliphatic carbocycles. The number of allylic oxidation sites excluding steroid dienone is 1. The van der Waals surface area contributed by atoms with Gasteiger partial charge in [-0.05, 0) is 36.1 Å². The molecule has 0 amide bonds. The van der Waals surface area contributed by atoms with Crippen LogP contribution in [0.4, 0.5) is 0 Å². The summed E-state index contributed by atoms with van der Waals surface area (Å²) in [5.41, 5.74) is 4.69. The number of hydrogen-bond acceptors (Lipinski definition) is 1. The van der Waals surface area contributed by atoms with Crippen LogP contribution in [0.3, 0.4) is 0 Å². The zero-order valence-electron chi connectivity index (χ0n) is 8.62. The third-order valence-corrected chi connectivity index (χ3v) is 2.54. The first-order valence-electron chi connectivity index (χ1n) is 4.84. The van der Waals surface area contributed by atoms with E-state index >= 15 is 0 Å². The number of pyridine rings is 1. The van der Waals surface area contributed by atoms with E-state index in [4.69, 9.17) is 0 Å². The molecule has 72 valence electrons. The van der Waals surface area contributed by atoms with Gasteiger partial charge < -0.3 is 0 Å². The lowest BCUT2D eigenvalue weighted by Gasteiger charge is -2.03. The number of fused-ring (bicyclic) bond motifs is 1. The molecule has 2 nitrogen and oxygen atoms in total. The molecule has 0 fully saturated rings. The largest absolute Gasteiger partial charge is 0.240 e. The van der Waals surface area contributed by atoms with Crippen molar-refractivity contribution < 1.29 is 0 Å². The van der Waals surface area contributed by atoms with E-state index in [9.17, 15) is 0 Å². The Kier molecular flexibility index (Phi) is 2.12. The van der Waals surface area contributed by atoms with Crippen LogP contribution >= 0.6 is 0 Å². The molecular formula is C12H14N2. The molecule has 14 heavy (non-hydrogen) atoms. The van der Waals surface area contributed by atoms with Crippen molar-refractivity contribution in [1.82, 2.24) is 9.61 Å². The standard InChI is InChI=1S/C12H14N2/c1-4-9(2)11-5-6-12-10(3)7-13-14(12)8-11/h5-8H,2,4H2,1,3H3. The molecule has 2 heterocycles. The summed E-state index contributed by atoms with van der Waals surface area (Å²) >= 11 is 0. The summed E-state index contributed by atoms with van der Waals surface area (Å²) in [6.45, 7) is 8.19. The van der Waals surface area contributed by atoms with E-state index in [2.05, 4.69) is 37.7 Å². The van der Waals surface area contributed by atoms with Crippen LogP contribution in [0.15, 0.2) is 31.1 Å². The fourth-order valence-electron chi connectivity index (χ4n) is 1.53. The minimum atomic E-state index is 0.978. The lowest BCUT2D eigenvalue weighted by atomic mass is 10.1. The maximum Gasteiger partial charge on any atom is 0.0691 e. The first-order chi connectivity index (χ1) is 6.72. The van der Waals surface area contributed by atoms with Crippen molar-refractivity contribution in [3.05, 3.63) is 42.2 Å². The predicted molar refractivity (Wildman–Crippen MR) is 59.3 cm³/mol. The predicted octanol–water partition coefficient (Wildman–Crippen LogP) is 3.07. The fraction of sp³-hybridized carbons (Fsp3) is 0.250. The molecule has 2 aromatic heterocycles. The van der Waals surface area contributed by atoms with Crippen molar-refractivity contribution in [1.29, 1.82) is 0 Å². The summed E-state index contributed by atoms with van der Waals surface area (Å²) < 4.78 is 1.91. The molecule has 0 bridgehead atoms. The quantitative estimate of drug-likeness (QED) is 0.704. The van der Waals surface area contributed by atoms with Gasteiger partial charge in [-0.1, -0.05) is 19.6 Å². The molecule has 0 aliphatic heterocycles. The molecule has 2 rings (SSSR count). The summed E-state index contributed by atoms with van der Waals surface area (Å²) in [6.07, 6.45) is 4.90. The van der Waals surface area contributed by atoms with Crippen LogP contribution in [-0.4, -0.2) is 9.61 Å². The van der Waals surface area contributed by atoms with Crippen LogP contribution in [0.1, 0.15) is 24.5 Å². The zero-order chi connectivity index (χ0) is 10.1. The molecule has 0 aromatic carbocycles. The Labute approximate surface area is 83.9 Å². The van der Waals surface area contributed by atoms with Crippen LogP contribution in [0, 0.1) is 6.92 Å². The van der Waals surface area contributed by atoms with Gasteiger partial charge in [-0.3, -0.25) is 0 Å². The first-order valence-corrected chi connectivity index (χ1v) is 4.84. The van der Waals surface area contributed by atoms with E-state index in [0.717, 1.165) is 17.5 Å². The normalized spacial score (nSPS) is 10.7. The number of rotatable bonds is 2. The molecule has 0 aliphatic rings. The fourth-order valence-corrected chi connectivity index (χ4v) is 1.53. The molecule has 2 aromatic rings. The van der Waals surface area contributed by atoms with Crippen molar-refractivity contribution in [2.45, 2.75) is 20.3 Å². The van der Waals surface area contributed by atoms with Gasteiger partial charge in [0.05, 0.1) is 11.7 Å². The van der Waals surface area contributed by atoms with Crippen LogP contribution in [-0.2, 0) is 0 Å². The third kappa shape index (κ3) is 1.33. The Morgan fingerprint density at radius 3 is 3.00 bits per heavy atom. The molecule has 0 radical (unpaired) electrons. The number of aromatic nitrogens is 2. The van der Waals surface area contributed by atoms with Gasteiger partial charge in [0.1, 0.15) is 0 Å². The van der Waals surface area contributed by atoms with Crippen molar-refractivity contribution in [3.8, 4) is 0 Å². The van der Waals surface area contributed by atoms with Gasteiger partial charge in [-0.25, -0.2) is 4.52 Å². The molecule has 0 saturated heterocycles. The SMILES string of the molecule is C=C(CC)c1ccc2c(C)cnn2c1. The Bertz CT molecular complexity index is 480. The van der Waals surface area contributed by atoms with Crippen molar-refractivity contribution >= 4 is 11.1 Å². The monoisotopic (exact) mass is 186 g/mol. The van der Waals surface area contributed by atoms with Gasteiger partial charge in [0.2, 0.25) is 0 Å². The lowest BCUT2D eigenvalue weighted by molar-refractivity contribution is 0.956. The Hall–Kier alpha value is -1.57. The van der Waals surface area contributed by atoms with Crippen molar-refractivity contribution in [2.24, 2.45) is 0 Å². The Balaban J connectivity index is 2.57. The van der Waals surface area contributed by atoms with Gasteiger partial charge in [0, 0.05) is 6.20 Å². The maximum absolute atomic E-state index is 4.27. The van der Waals surface area contributed by atoms with E-state index in [0.29, 0.717) is 0 Å². The highest BCUT2D eigenvalue weighted by molar-refractivity contribution is 5.65. The molecule has 0 saturated carbocycles. The van der Waals surface area contributed by atoms with Crippen molar-refractivity contribution in [2.75, 3.05) is 0 Å². The highest BCUT2D eigenvalue weighted by Gasteiger charge is 2.01. The highest BCUT2D eigenvalue weighted by atomic mass is 15.2. The number of hydrogen-bond donors (Lipinski definition) is 0. The van der Waals surface area contributed by atoms with Gasteiger partial charge in [-0.2, -0.15) is 5.10 Å². The lowest BCUT2D eigenvalue weighted by Crippen LogP contribution is -1.90. The molecule has 2 heteroatoms. The molecule has 0 spiro atoms. The van der Waals surface area contributed by atoms with Gasteiger partial charge in [-0.15, -0.1) is 0 Å². The highest BCUT2D eigenvalue weighted by Crippen LogP contribution is 2.17. The molecule has 0 atom stereocenters. The summed E-state index contributed by atoms with van der Waals surface area (Å²) in [5.74, 6) is 0. The second-order valence-electron chi connectivity index (χ2n) is 3.53.